The molecule has 23 heavy (non-hydrogen) atoms. The van der Waals surface area contributed by atoms with Crippen LogP contribution in [0.2, 0.25) is 0 Å². The Hall–Kier alpha value is -2.40. The van der Waals surface area contributed by atoms with Crippen LogP contribution in [-0.2, 0) is 6.54 Å². The summed E-state index contributed by atoms with van der Waals surface area (Å²) in [5.41, 5.74) is 8.54. The molecule has 1 fully saturated rings. The van der Waals surface area contributed by atoms with Crippen LogP contribution in [0.4, 0.5) is 5.82 Å². The van der Waals surface area contributed by atoms with Crippen LogP contribution in [0, 0.1) is 0 Å². The average molecular weight is 311 g/mol. The van der Waals surface area contributed by atoms with E-state index in [0.29, 0.717) is 17.3 Å². The summed E-state index contributed by atoms with van der Waals surface area (Å²) in [5.74, 6) is 0.152. The molecule has 0 aliphatic carbocycles. The number of anilines is 1. The van der Waals surface area contributed by atoms with Crippen molar-refractivity contribution >= 4 is 11.8 Å². The Morgan fingerprint density at radius 3 is 2.78 bits per heavy atom. The maximum absolute atomic E-state index is 10.9. The lowest BCUT2D eigenvalue weighted by molar-refractivity contribution is 0.0697. The Kier molecular flexibility index (Phi) is 4.57. The van der Waals surface area contributed by atoms with E-state index in [2.05, 4.69) is 9.88 Å². The van der Waals surface area contributed by atoms with Gasteiger partial charge in [0.15, 0.2) is 0 Å². The summed E-state index contributed by atoms with van der Waals surface area (Å²) >= 11 is 0. The number of likely N-dealkylation sites (tertiary alicyclic amines) is 1. The van der Waals surface area contributed by atoms with E-state index < -0.39 is 5.97 Å². The van der Waals surface area contributed by atoms with Crippen molar-refractivity contribution in [1.29, 1.82) is 0 Å². The molecule has 0 amide bonds. The lowest BCUT2D eigenvalue weighted by atomic mass is 9.90. The molecule has 3 N–H and O–H groups in total. The van der Waals surface area contributed by atoms with Crippen molar-refractivity contribution in [3.05, 3.63) is 59.3 Å². The Morgan fingerprint density at radius 2 is 2.09 bits per heavy atom. The Morgan fingerprint density at radius 1 is 1.30 bits per heavy atom. The highest BCUT2D eigenvalue weighted by Gasteiger charge is 2.22. The Labute approximate surface area is 135 Å². The van der Waals surface area contributed by atoms with E-state index in [0.717, 1.165) is 38.0 Å². The summed E-state index contributed by atoms with van der Waals surface area (Å²) in [6.45, 7) is 2.82. The number of nitrogens with zero attached hydrogens (tertiary/aromatic N) is 2. The van der Waals surface area contributed by atoms with Crippen LogP contribution >= 0.6 is 0 Å². The molecule has 1 aromatic carbocycles. The van der Waals surface area contributed by atoms with Gasteiger partial charge >= 0.3 is 5.97 Å². The molecular formula is C18H21N3O2. The molecule has 2 aromatic rings. The van der Waals surface area contributed by atoms with Crippen molar-refractivity contribution in [2.75, 3.05) is 18.8 Å². The van der Waals surface area contributed by atoms with E-state index >= 15 is 0 Å². The second-order valence-electron chi connectivity index (χ2n) is 6.05. The number of nitrogen functional groups attached to an aromatic ring is 1. The predicted octanol–water partition coefficient (Wildman–Crippen LogP) is 2.74. The summed E-state index contributed by atoms with van der Waals surface area (Å²) in [6.07, 6.45) is 3.97. The van der Waals surface area contributed by atoms with Crippen LogP contribution in [0.1, 0.15) is 40.2 Å². The van der Waals surface area contributed by atoms with Gasteiger partial charge in [0.05, 0.1) is 5.56 Å². The number of nitrogens with two attached hydrogens (primary N) is 1. The standard InChI is InChI=1S/C18H21N3O2/c19-17-16(3-1-9-20-17)12-21-10-2-4-15(11-21)13-5-7-14(8-6-13)18(22)23/h1,3,5-9,15H,2,4,10-12H2,(H2,19,20)(H,22,23). The number of aromatic nitrogens is 1. The highest BCUT2D eigenvalue weighted by atomic mass is 16.4. The Balaban J connectivity index is 1.68. The highest BCUT2D eigenvalue weighted by Crippen LogP contribution is 2.28. The number of carboxylic acids is 1. The smallest absolute Gasteiger partial charge is 0.335 e. The molecule has 1 aliphatic heterocycles. The quantitative estimate of drug-likeness (QED) is 0.907. The number of pyridine rings is 1. The molecule has 1 aromatic heterocycles. The van der Waals surface area contributed by atoms with Gasteiger partial charge in [0.2, 0.25) is 0 Å². The molecule has 5 nitrogen and oxygen atoms in total. The van der Waals surface area contributed by atoms with Crippen LogP contribution < -0.4 is 5.73 Å². The summed E-state index contributed by atoms with van der Waals surface area (Å²) in [7, 11) is 0. The van der Waals surface area contributed by atoms with Crippen molar-refractivity contribution in [2.24, 2.45) is 0 Å². The normalized spacial score (nSPS) is 18.7. The lowest BCUT2D eigenvalue weighted by Gasteiger charge is -2.33. The van der Waals surface area contributed by atoms with Crippen molar-refractivity contribution in [3.8, 4) is 0 Å². The molecule has 0 saturated carbocycles. The molecule has 1 saturated heterocycles. The number of piperidine rings is 1. The van der Waals surface area contributed by atoms with E-state index in [9.17, 15) is 4.79 Å². The van der Waals surface area contributed by atoms with Gasteiger partial charge in [-0.15, -0.1) is 0 Å². The first-order valence-electron chi connectivity index (χ1n) is 7.88. The van der Waals surface area contributed by atoms with Gasteiger partial charge in [0, 0.05) is 24.8 Å². The SMILES string of the molecule is Nc1ncccc1CN1CCCC(c2ccc(C(=O)O)cc2)C1. The summed E-state index contributed by atoms with van der Waals surface area (Å²) < 4.78 is 0. The van der Waals surface area contributed by atoms with Gasteiger partial charge in [-0.1, -0.05) is 18.2 Å². The minimum absolute atomic E-state index is 0.338. The second kappa shape index (κ2) is 6.79. The molecule has 1 unspecified atom stereocenters. The monoisotopic (exact) mass is 311 g/mol. The third-order valence-corrected chi connectivity index (χ3v) is 4.45. The number of hydrogen-bond donors (Lipinski definition) is 2. The minimum atomic E-state index is -0.881. The number of rotatable bonds is 4. The summed E-state index contributed by atoms with van der Waals surface area (Å²) in [6, 6.07) is 11.2. The zero-order valence-corrected chi connectivity index (χ0v) is 13.0. The zero-order chi connectivity index (χ0) is 16.2. The molecule has 0 radical (unpaired) electrons. The van der Waals surface area contributed by atoms with Crippen LogP contribution in [0.3, 0.4) is 0 Å². The van der Waals surface area contributed by atoms with E-state index in [1.165, 1.54) is 5.56 Å². The van der Waals surface area contributed by atoms with Crippen molar-refractivity contribution in [3.63, 3.8) is 0 Å². The molecule has 0 bridgehead atoms. The fourth-order valence-corrected chi connectivity index (χ4v) is 3.19. The average Bonchev–Trinajstić information content (AvgIpc) is 2.57. The van der Waals surface area contributed by atoms with Gasteiger partial charge in [0.1, 0.15) is 5.82 Å². The van der Waals surface area contributed by atoms with E-state index in [1.54, 1.807) is 18.3 Å². The molecule has 3 rings (SSSR count). The topological polar surface area (TPSA) is 79.5 Å². The third-order valence-electron chi connectivity index (χ3n) is 4.45. The van der Waals surface area contributed by atoms with Crippen molar-refractivity contribution in [2.45, 2.75) is 25.3 Å². The fourth-order valence-electron chi connectivity index (χ4n) is 3.19. The van der Waals surface area contributed by atoms with Gasteiger partial charge in [0.25, 0.3) is 0 Å². The number of hydrogen-bond acceptors (Lipinski definition) is 4. The van der Waals surface area contributed by atoms with E-state index in [-0.39, 0.29) is 0 Å². The molecular weight excluding hydrogens is 290 g/mol. The number of carbonyl (C=O) groups is 1. The van der Waals surface area contributed by atoms with Gasteiger partial charge in [-0.25, -0.2) is 9.78 Å². The highest BCUT2D eigenvalue weighted by molar-refractivity contribution is 5.87. The molecule has 2 heterocycles. The van der Waals surface area contributed by atoms with Crippen LogP contribution in [-0.4, -0.2) is 34.0 Å². The largest absolute Gasteiger partial charge is 0.478 e. The lowest BCUT2D eigenvalue weighted by Crippen LogP contribution is -2.34. The van der Waals surface area contributed by atoms with Crippen LogP contribution in [0.25, 0.3) is 0 Å². The van der Waals surface area contributed by atoms with Crippen molar-refractivity contribution in [1.82, 2.24) is 9.88 Å². The minimum Gasteiger partial charge on any atom is -0.478 e. The predicted molar refractivity (Wildman–Crippen MR) is 89.3 cm³/mol. The number of carboxylic acid groups (broad SMARTS) is 1. The van der Waals surface area contributed by atoms with Gasteiger partial charge in [-0.3, -0.25) is 4.90 Å². The first-order chi connectivity index (χ1) is 11.1. The maximum atomic E-state index is 10.9. The molecule has 5 heteroatoms. The van der Waals surface area contributed by atoms with Crippen LogP contribution in [0.5, 0.6) is 0 Å². The zero-order valence-electron chi connectivity index (χ0n) is 13.0. The maximum Gasteiger partial charge on any atom is 0.335 e. The molecule has 120 valence electrons. The van der Waals surface area contributed by atoms with E-state index in [4.69, 9.17) is 10.8 Å². The summed E-state index contributed by atoms with van der Waals surface area (Å²) in [4.78, 5) is 17.5. The second-order valence-corrected chi connectivity index (χ2v) is 6.05. The summed E-state index contributed by atoms with van der Waals surface area (Å²) in [5, 5.41) is 8.99. The molecule has 1 atom stereocenters. The fraction of sp³-hybridized carbons (Fsp3) is 0.333. The van der Waals surface area contributed by atoms with Crippen LogP contribution in [0.15, 0.2) is 42.6 Å². The first-order valence-corrected chi connectivity index (χ1v) is 7.88. The van der Waals surface area contributed by atoms with E-state index in [1.807, 2.05) is 24.3 Å². The first kappa shape index (κ1) is 15.5. The third kappa shape index (κ3) is 3.68. The Bertz CT molecular complexity index is 685. The molecule has 1 aliphatic rings. The van der Waals surface area contributed by atoms with Gasteiger partial charge in [-0.2, -0.15) is 0 Å². The molecule has 0 spiro atoms. The van der Waals surface area contributed by atoms with Gasteiger partial charge in [-0.05, 0) is 49.1 Å². The van der Waals surface area contributed by atoms with Gasteiger partial charge < -0.3 is 10.8 Å². The number of aromatic carboxylic acids is 1. The number of benzene rings is 1. The van der Waals surface area contributed by atoms with Crippen molar-refractivity contribution < 1.29 is 9.90 Å².